The van der Waals surface area contributed by atoms with E-state index < -0.39 is 41.8 Å². The first-order valence-corrected chi connectivity index (χ1v) is 14.5. The second-order valence-corrected chi connectivity index (χ2v) is 11.8. The number of Topliss-reactive ketones (excluding diaryl/α,β-unsaturated/α-hetero) is 1. The summed E-state index contributed by atoms with van der Waals surface area (Å²) >= 11 is 6.77. The number of alkyl carbamates (subject to hydrolysis) is 1. The molecule has 1 aliphatic heterocycles. The molecule has 2 aliphatic carbocycles. The van der Waals surface area contributed by atoms with E-state index in [2.05, 4.69) is 10.6 Å². The predicted molar refractivity (Wildman–Crippen MR) is 142 cm³/mol. The summed E-state index contributed by atoms with van der Waals surface area (Å²) in [6.45, 7) is 5.59. The van der Waals surface area contributed by atoms with Crippen molar-refractivity contribution in [2.75, 3.05) is 6.54 Å². The highest BCUT2D eigenvalue weighted by Gasteiger charge is 2.48. The fourth-order valence-corrected chi connectivity index (χ4v) is 6.22. The number of alkyl halides is 1. The summed E-state index contributed by atoms with van der Waals surface area (Å²) in [6.07, 6.45) is 6.76. The molecule has 3 fully saturated rings. The number of rotatable bonds is 12. The molecule has 4 amide bonds. The maximum atomic E-state index is 14.1. The summed E-state index contributed by atoms with van der Waals surface area (Å²) in [5.74, 6) is -2.64. The molecule has 38 heavy (non-hydrogen) atoms. The van der Waals surface area contributed by atoms with Crippen LogP contribution in [-0.4, -0.2) is 70.6 Å². The van der Waals surface area contributed by atoms with Crippen molar-refractivity contribution >= 4 is 41.2 Å². The largest absolute Gasteiger partial charge is 0.447 e. The molecular weight excluding hydrogens is 512 g/mol. The van der Waals surface area contributed by atoms with E-state index in [4.69, 9.17) is 22.1 Å². The summed E-state index contributed by atoms with van der Waals surface area (Å²) in [6, 6.07) is -2.75. The maximum Gasteiger partial charge on any atom is 0.408 e. The first-order valence-electron chi connectivity index (χ1n) is 14.1. The quantitative estimate of drug-likeness (QED) is 0.249. The fraction of sp³-hybridized carbons (Fsp3) is 0.815. The van der Waals surface area contributed by atoms with Crippen molar-refractivity contribution in [1.29, 1.82) is 0 Å². The molecule has 2 saturated carbocycles. The molecule has 5 atom stereocenters. The maximum absolute atomic E-state index is 14.1. The Labute approximate surface area is 230 Å². The van der Waals surface area contributed by atoms with E-state index >= 15 is 0 Å². The van der Waals surface area contributed by atoms with E-state index in [9.17, 15) is 24.0 Å². The second-order valence-electron chi connectivity index (χ2n) is 11.3. The Morgan fingerprint density at radius 3 is 2.18 bits per heavy atom. The molecular formula is C27H43ClN4O6. The van der Waals surface area contributed by atoms with E-state index in [1.165, 1.54) is 4.90 Å². The molecule has 2 unspecified atom stereocenters. The van der Waals surface area contributed by atoms with Crippen LogP contribution in [0.5, 0.6) is 0 Å². The van der Waals surface area contributed by atoms with Crippen LogP contribution in [-0.2, 0) is 23.9 Å². The van der Waals surface area contributed by atoms with Crippen molar-refractivity contribution in [3.8, 4) is 0 Å². The molecule has 214 valence electrons. The number of likely N-dealkylation sites (tertiary alicyclic amines) is 1. The summed E-state index contributed by atoms with van der Waals surface area (Å²) < 4.78 is 5.28. The molecule has 3 aliphatic rings. The minimum Gasteiger partial charge on any atom is -0.447 e. The van der Waals surface area contributed by atoms with Crippen LogP contribution < -0.4 is 16.4 Å². The Balaban J connectivity index is 1.85. The number of nitrogens with two attached hydrogens (primary N) is 1. The van der Waals surface area contributed by atoms with E-state index in [1.807, 2.05) is 6.92 Å². The fourth-order valence-electron chi connectivity index (χ4n) is 5.79. The van der Waals surface area contributed by atoms with Gasteiger partial charge in [-0.1, -0.05) is 32.6 Å². The van der Waals surface area contributed by atoms with Crippen molar-refractivity contribution in [3.63, 3.8) is 0 Å². The number of halogens is 1. The summed E-state index contributed by atoms with van der Waals surface area (Å²) in [5, 5.41) is 5.30. The van der Waals surface area contributed by atoms with E-state index in [-0.39, 0.29) is 42.2 Å². The molecule has 0 aromatic heterocycles. The van der Waals surface area contributed by atoms with Gasteiger partial charge in [0.25, 0.3) is 5.91 Å². The number of amides is 4. The lowest BCUT2D eigenvalue weighted by Crippen LogP contribution is -2.58. The van der Waals surface area contributed by atoms with Gasteiger partial charge in [-0.15, -0.1) is 11.6 Å². The number of carbonyl (C=O) groups is 5. The number of ether oxygens (including phenoxy) is 1. The summed E-state index contributed by atoms with van der Waals surface area (Å²) in [5.41, 5.74) is 5.20. The summed E-state index contributed by atoms with van der Waals surface area (Å²) in [7, 11) is 0. The Morgan fingerprint density at radius 2 is 1.63 bits per heavy atom. The number of nitrogens with zero attached hydrogens (tertiary/aromatic N) is 1. The molecule has 1 heterocycles. The van der Waals surface area contributed by atoms with Crippen molar-refractivity contribution in [2.45, 2.75) is 115 Å². The molecule has 11 heteroatoms. The molecule has 3 rings (SSSR count). The lowest BCUT2D eigenvalue weighted by molar-refractivity contribution is -0.143. The normalized spacial score (nSPS) is 24.4. The lowest BCUT2D eigenvalue weighted by Gasteiger charge is -2.34. The van der Waals surface area contributed by atoms with Gasteiger partial charge in [-0.25, -0.2) is 4.79 Å². The van der Waals surface area contributed by atoms with Crippen molar-refractivity contribution < 1.29 is 28.7 Å². The first-order chi connectivity index (χ1) is 18.0. The highest BCUT2D eigenvalue weighted by atomic mass is 35.5. The predicted octanol–water partition coefficient (Wildman–Crippen LogP) is 2.64. The standard InChI is InChI=1S/C27H43ClN4O6/c1-4-8-19(23(33)24(29)34)30-25(35)20-13-18(21(28)16-11-12-16)14-32(20)26(36)22(17-9-6-5-7-10-17)31-27(37)38-15(2)3/h15-22H,4-14H2,1-3H3,(H2,29,34)(H,30,35)(H,31,37)/t18-,19?,20+,21?,22+/m1/s1. The van der Waals surface area contributed by atoms with Crippen LogP contribution in [0.15, 0.2) is 0 Å². The van der Waals surface area contributed by atoms with Gasteiger partial charge in [0, 0.05) is 11.9 Å². The van der Waals surface area contributed by atoms with Gasteiger partial charge >= 0.3 is 6.09 Å². The van der Waals surface area contributed by atoms with Crippen LogP contribution in [0.3, 0.4) is 0 Å². The zero-order valence-corrected chi connectivity index (χ0v) is 23.5. The third-order valence-corrected chi connectivity index (χ3v) is 8.61. The molecule has 1 saturated heterocycles. The Kier molecular flexibility index (Phi) is 10.8. The first kappa shape index (κ1) is 30.2. The smallest absolute Gasteiger partial charge is 0.408 e. The zero-order valence-electron chi connectivity index (χ0n) is 22.7. The van der Waals surface area contributed by atoms with Crippen LogP contribution in [0.25, 0.3) is 0 Å². The van der Waals surface area contributed by atoms with Crippen molar-refractivity contribution in [3.05, 3.63) is 0 Å². The van der Waals surface area contributed by atoms with Gasteiger partial charge in [0.15, 0.2) is 0 Å². The van der Waals surface area contributed by atoms with Gasteiger partial charge in [0.2, 0.25) is 17.6 Å². The minimum atomic E-state index is -1.11. The SMILES string of the molecule is CCCC(NC(=O)[C@@H]1C[C@@H](C(Cl)C2CC2)CN1C(=O)[C@@H](NC(=O)OC(C)C)C1CCCCC1)C(=O)C(N)=O. The molecule has 4 N–H and O–H groups in total. The van der Waals surface area contributed by atoms with Crippen LogP contribution in [0.1, 0.15) is 85.0 Å². The Hall–Kier alpha value is -2.36. The lowest BCUT2D eigenvalue weighted by atomic mass is 9.83. The van der Waals surface area contributed by atoms with Crippen molar-refractivity contribution in [2.24, 2.45) is 23.5 Å². The molecule has 10 nitrogen and oxygen atoms in total. The molecule has 0 radical (unpaired) electrons. The van der Waals surface area contributed by atoms with Crippen LogP contribution >= 0.6 is 11.6 Å². The van der Waals surface area contributed by atoms with Crippen LogP contribution in [0.4, 0.5) is 4.79 Å². The van der Waals surface area contributed by atoms with Gasteiger partial charge in [-0.05, 0) is 70.1 Å². The van der Waals surface area contributed by atoms with Gasteiger partial charge in [0.05, 0.1) is 12.1 Å². The van der Waals surface area contributed by atoms with Gasteiger partial charge in [0.1, 0.15) is 12.1 Å². The highest BCUT2D eigenvalue weighted by molar-refractivity contribution is 6.37. The van der Waals surface area contributed by atoms with E-state index in [0.29, 0.717) is 18.8 Å². The second kappa shape index (κ2) is 13.6. The van der Waals surface area contributed by atoms with Crippen LogP contribution in [0.2, 0.25) is 0 Å². The molecule has 0 aromatic carbocycles. The Morgan fingerprint density at radius 1 is 0.974 bits per heavy atom. The third-order valence-electron chi connectivity index (χ3n) is 7.90. The van der Waals surface area contributed by atoms with Gasteiger partial charge < -0.3 is 26.0 Å². The molecule has 0 bridgehead atoms. The van der Waals surface area contributed by atoms with E-state index in [0.717, 1.165) is 44.9 Å². The number of hydrogen-bond donors (Lipinski definition) is 3. The summed E-state index contributed by atoms with van der Waals surface area (Å²) in [4.78, 5) is 65.6. The van der Waals surface area contributed by atoms with Crippen LogP contribution in [0, 0.1) is 17.8 Å². The average molecular weight is 555 g/mol. The topological polar surface area (TPSA) is 148 Å². The number of carbonyl (C=O) groups excluding carboxylic acids is 5. The monoisotopic (exact) mass is 554 g/mol. The third kappa shape index (κ3) is 7.83. The van der Waals surface area contributed by atoms with Gasteiger partial charge in [-0.3, -0.25) is 19.2 Å². The zero-order chi connectivity index (χ0) is 28.0. The minimum absolute atomic E-state index is 0.0711. The van der Waals surface area contributed by atoms with Gasteiger partial charge in [-0.2, -0.15) is 0 Å². The highest BCUT2D eigenvalue weighted by Crippen LogP contribution is 2.43. The number of primary amides is 1. The Bertz CT molecular complexity index is 889. The number of nitrogens with one attached hydrogen (secondary N) is 2. The van der Waals surface area contributed by atoms with Crippen molar-refractivity contribution in [1.82, 2.24) is 15.5 Å². The molecule has 0 aromatic rings. The average Bonchev–Trinajstić information content (AvgIpc) is 3.63. The van der Waals surface area contributed by atoms with E-state index in [1.54, 1.807) is 13.8 Å². The number of hydrogen-bond acceptors (Lipinski definition) is 6. The number of ketones is 1. The molecule has 0 spiro atoms.